The number of hydrogen-bond donors (Lipinski definition) is 1. The van der Waals surface area contributed by atoms with Crippen LogP contribution in [0.4, 0.5) is 0 Å². The smallest absolute Gasteiger partial charge is 1.00 e. The first-order chi connectivity index (χ1) is 14.0. The van der Waals surface area contributed by atoms with Gasteiger partial charge in [-0.1, -0.05) is 12.1 Å². The number of nitrogens with zero attached hydrogens (tertiary/aromatic N) is 1. The van der Waals surface area contributed by atoms with Gasteiger partial charge in [0.05, 0.1) is 17.1 Å². The Hall–Kier alpha value is -1.31. The van der Waals surface area contributed by atoms with E-state index in [1.165, 1.54) is 21.8 Å². The molecule has 1 aromatic carbocycles. The first-order valence-corrected chi connectivity index (χ1v) is 10.6. The van der Waals surface area contributed by atoms with Crippen LogP contribution in [-0.4, -0.2) is 72.7 Å². The van der Waals surface area contributed by atoms with E-state index in [4.69, 9.17) is 9.47 Å². The fourth-order valence-corrected chi connectivity index (χ4v) is 4.19. The van der Waals surface area contributed by atoms with Crippen LogP contribution in [0.1, 0.15) is 26.6 Å². The van der Waals surface area contributed by atoms with E-state index < -0.39 is 12.1 Å². The van der Waals surface area contributed by atoms with Crippen molar-refractivity contribution in [1.29, 1.82) is 0 Å². The second-order valence-electron chi connectivity index (χ2n) is 6.98. The molecule has 0 radical (unpaired) electrons. The van der Waals surface area contributed by atoms with Gasteiger partial charge in [0.2, 0.25) is 0 Å². The number of carbonyl (C=O) groups is 1. The molecule has 0 saturated heterocycles. The molecule has 1 atom stereocenters. The average Bonchev–Trinajstić information content (AvgIpc) is 3.28. The molecule has 3 rings (SSSR count). The molecule has 0 bridgehead atoms. The monoisotopic (exact) mass is 455 g/mol. The van der Waals surface area contributed by atoms with Gasteiger partial charge in [0.25, 0.3) is 0 Å². The molecular weight excluding hydrogens is 426 g/mol. The van der Waals surface area contributed by atoms with E-state index >= 15 is 0 Å². The molecule has 2 aromatic heterocycles. The van der Waals surface area contributed by atoms with Crippen molar-refractivity contribution in [2.45, 2.75) is 39.8 Å². The van der Waals surface area contributed by atoms with Crippen molar-refractivity contribution in [1.82, 2.24) is 4.57 Å². The van der Waals surface area contributed by atoms with E-state index in [0.29, 0.717) is 19.6 Å². The number of aliphatic carboxylic acids is 1. The summed E-state index contributed by atoms with van der Waals surface area (Å²) in [5.74, 6) is -0.165. The number of aryl methyl sites for hydroxylation is 2. The van der Waals surface area contributed by atoms with E-state index in [9.17, 15) is 9.90 Å². The average molecular weight is 456 g/mol. The normalized spacial score (nSPS) is 11.7. The maximum Gasteiger partial charge on any atom is 2.00 e. The van der Waals surface area contributed by atoms with Crippen LogP contribution in [-0.2, 0) is 22.5 Å². The summed E-state index contributed by atoms with van der Waals surface area (Å²) < 4.78 is 13.5. The number of carboxylic acid groups (broad SMARTS) is 1. The van der Waals surface area contributed by atoms with E-state index in [-0.39, 0.29) is 40.6 Å². The Morgan fingerprint density at radius 1 is 1.20 bits per heavy atom. The Morgan fingerprint density at radius 2 is 1.93 bits per heavy atom. The summed E-state index contributed by atoms with van der Waals surface area (Å²) in [4.78, 5) is 12.5. The van der Waals surface area contributed by atoms with Gasteiger partial charge < -0.3 is 22.0 Å². The van der Waals surface area contributed by atoms with Gasteiger partial charge in [0.1, 0.15) is 12.4 Å². The van der Waals surface area contributed by atoms with Crippen LogP contribution in [0.3, 0.4) is 0 Å². The van der Waals surface area contributed by atoms with Gasteiger partial charge in [-0.15, -0.1) is 11.3 Å². The number of aromatic nitrogens is 1. The van der Waals surface area contributed by atoms with E-state index in [1.807, 2.05) is 24.3 Å². The van der Waals surface area contributed by atoms with Crippen LogP contribution in [0.15, 0.2) is 47.8 Å². The molecule has 3 aromatic rings. The minimum Gasteiger partial charge on any atom is -1.00 e. The van der Waals surface area contributed by atoms with Crippen molar-refractivity contribution in [2.75, 3.05) is 13.2 Å². The molecule has 0 spiro atoms. The molecule has 0 amide bonds. The third-order valence-corrected chi connectivity index (χ3v) is 5.82. The molecule has 1 N–H and O–H groups in total. The summed E-state index contributed by atoms with van der Waals surface area (Å²) >= 11 is 1.76. The molecule has 0 aliphatic rings. The number of benzene rings is 1. The van der Waals surface area contributed by atoms with Gasteiger partial charge in [-0.25, -0.2) is 4.79 Å². The van der Waals surface area contributed by atoms with Crippen molar-refractivity contribution in [3.8, 4) is 16.3 Å². The molecule has 0 saturated carbocycles. The Labute approximate surface area is 214 Å². The summed E-state index contributed by atoms with van der Waals surface area (Å²) in [5, 5.41) is 11.4. The Kier molecular flexibility index (Phi) is 9.91. The summed E-state index contributed by atoms with van der Waals surface area (Å²) in [5.41, 5.74) is 4.62. The standard InChI is InChI=1S/C23H27NO4S.Ca.2H/c1-4-27-21(23(25)26)14-18-6-8-19(9-7-18)28-12-11-24-17(3)5-10-20(24)22-13-16(2)15-29-22;;;/h5-10,13,15,21H,4,11-12,14H2,1-3H3,(H,25,26);;;/q;+2;2*-1/t21-;;;/m0.../s1. The minimum atomic E-state index is -0.939. The zero-order chi connectivity index (χ0) is 20.8. The zero-order valence-electron chi connectivity index (χ0n) is 19.8. The second-order valence-corrected chi connectivity index (χ2v) is 7.89. The maximum absolute atomic E-state index is 11.2. The number of rotatable bonds is 10. The zero-order valence-corrected chi connectivity index (χ0v) is 20.8. The van der Waals surface area contributed by atoms with Crippen LogP contribution in [0.2, 0.25) is 0 Å². The number of carboxylic acids is 1. The molecule has 5 nitrogen and oxygen atoms in total. The van der Waals surface area contributed by atoms with Crippen LogP contribution >= 0.6 is 11.3 Å². The molecule has 30 heavy (non-hydrogen) atoms. The van der Waals surface area contributed by atoms with Crippen LogP contribution in [0, 0.1) is 13.8 Å². The summed E-state index contributed by atoms with van der Waals surface area (Å²) in [7, 11) is 0. The van der Waals surface area contributed by atoms with Crippen LogP contribution in [0.25, 0.3) is 10.6 Å². The SMILES string of the molecule is CCO[C@@H](Cc1ccc(OCCn2c(C)ccc2-c2cc(C)cs2)cc1)C(=O)O.[Ca+2].[H-].[H-]. The van der Waals surface area contributed by atoms with Gasteiger partial charge in [-0.3, -0.25) is 0 Å². The number of hydrogen-bond acceptors (Lipinski definition) is 4. The topological polar surface area (TPSA) is 60.7 Å². The van der Waals surface area contributed by atoms with Crippen molar-refractivity contribution < 1.29 is 22.2 Å². The third-order valence-electron chi connectivity index (χ3n) is 4.75. The first-order valence-electron chi connectivity index (χ1n) is 9.75. The van der Waals surface area contributed by atoms with Gasteiger partial charge in [0, 0.05) is 18.7 Å². The molecule has 0 unspecified atom stereocenters. The fourth-order valence-electron chi connectivity index (χ4n) is 3.26. The minimum absolute atomic E-state index is 0. The van der Waals surface area contributed by atoms with E-state index in [2.05, 4.69) is 42.0 Å². The Bertz CT molecular complexity index is 959. The third kappa shape index (κ3) is 6.59. The first kappa shape index (κ1) is 25.0. The summed E-state index contributed by atoms with van der Waals surface area (Å²) in [6.07, 6.45) is -0.474. The van der Waals surface area contributed by atoms with Gasteiger partial charge in [-0.2, -0.15) is 0 Å². The molecule has 7 heteroatoms. The quantitative estimate of drug-likeness (QED) is 0.447. The predicted octanol–water partition coefficient (Wildman–Crippen LogP) is 4.79. The fraction of sp³-hybridized carbons (Fsp3) is 0.348. The molecule has 0 aliphatic carbocycles. The van der Waals surface area contributed by atoms with Gasteiger partial charge in [-0.05, 0) is 67.6 Å². The van der Waals surface area contributed by atoms with Crippen LogP contribution < -0.4 is 4.74 Å². The van der Waals surface area contributed by atoms with Crippen molar-refractivity contribution >= 4 is 55.0 Å². The Morgan fingerprint density at radius 3 is 2.53 bits per heavy atom. The van der Waals surface area contributed by atoms with E-state index in [1.54, 1.807) is 18.3 Å². The van der Waals surface area contributed by atoms with Crippen molar-refractivity contribution in [2.24, 2.45) is 0 Å². The van der Waals surface area contributed by atoms with Gasteiger partial charge >= 0.3 is 43.7 Å². The largest absolute Gasteiger partial charge is 2.00 e. The van der Waals surface area contributed by atoms with Crippen molar-refractivity contribution in [3.63, 3.8) is 0 Å². The van der Waals surface area contributed by atoms with Crippen LogP contribution in [0.5, 0.6) is 5.75 Å². The van der Waals surface area contributed by atoms with Crippen molar-refractivity contribution in [3.05, 3.63) is 64.7 Å². The number of thiophene rings is 1. The second kappa shape index (κ2) is 11.9. The summed E-state index contributed by atoms with van der Waals surface area (Å²) in [6.45, 7) is 7.71. The molecule has 0 fully saturated rings. The van der Waals surface area contributed by atoms with Gasteiger partial charge in [0.15, 0.2) is 6.10 Å². The summed E-state index contributed by atoms with van der Waals surface area (Å²) in [6, 6.07) is 14.1. The van der Waals surface area contributed by atoms with E-state index in [0.717, 1.165) is 17.9 Å². The molecular formula is C23H29CaNO4S. The number of ether oxygens (including phenoxy) is 2. The molecule has 0 aliphatic heterocycles. The molecule has 2 heterocycles. The molecule has 158 valence electrons. The predicted molar refractivity (Wildman–Crippen MR) is 124 cm³/mol. The maximum atomic E-state index is 11.2. The Balaban J connectivity index is 0.00000320.